The van der Waals surface area contributed by atoms with Crippen molar-refractivity contribution in [2.75, 3.05) is 11.5 Å². The molecular formula is C11H12INO4S. The fourth-order valence-electron chi connectivity index (χ4n) is 1.86. The van der Waals surface area contributed by atoms with E-state index in [-0.39, 0.29) is 28.9 Å². The average Bonchev–Trinajstić information content (AvgIpc) is 2.61. The van der Waals surface area contributed by atoms with Gasteiger partial charge in [0, 0.05) is 9.61 Å². The van der Waals surface area contributed by atoms with Crippen LogP contribution in [-0.2, 0) is 9.84 Å². The third kappa shape index (κ3) is 3.14. The van der Waals surface area contributed by atoms with Gasteiger partial charge in [-0.25, -0.2) is 8.42 Å². The highest BCUT2D eigenvalue weighted by atomic mass is 127. The van der Waals surface area contributed by atoms with Crippen molar-refractivity contribution in [1.82, 2.24) is 5.32 Å². The van der Waals surface area contributed by atoms with Gasteiger partial charge in [0.25, 0.3) is 5.91 Å². The zero-order chi connectivity index (χ0) is 13.3. The van der Waals surface area contributed by atoms with E-state index in [1.807, 2.05) is 22.6 Å². The minimum Gasteiger partial charge on any atom is -0.507 e. The van der Waals surface area contributed by atoms with Crippen LogP contribution in [0.5, 0.6) is 5.75 Å². The third-order valence-corrected chi connectivity index (χ3v) is 5.21. The highest BCUT2D eigenvalue weighted by Gasteiger charge is 2.29. The molecule has 0 spiro atoms. The predicted molar refractivity (Wildman–Crippen MR) is 75.3 cm³/mol. The molecule has 1 aromatic carbocycles. The van der Waals surface area contributed by atoms with Gasteiger partial charge in [-0.2, -0.15) is 0 Å². The third-order valence-electron chi connectivity index (χ3n) is 2.77. The van der Waals surface area contributed by atoms with Crippen LogP contribution in [0.3, 0.4) is 0 Å². The van der Waals surface area contributed by atoms with Crippen molar-refractivity contribution in [2.24, 2.45) is 0 Å². The number of halogens is 1. The molecule has 0 bridgehead atoms. The molecule has 1 aromatic rings. The second-order valence-electron chi connectivity index (χ2n) is 4.23. The number of hydrogen-bond acceptors (Lipinski definition) is 4. The van der Waals surface area contributed by atoms with Gasteiger partial charge in [0.15, 0.2) is 9.84 Å². The number of phenols is 1. The van der Waals surface area contributed by atoms with E-state index in [1.54, 1.807) is 12.1 Å². The van der Waals surface area contributed by atoms with Crippen molar-refractivity contribution in [1.29, 1.82) is 0 Å². The lowest BCUT2D eigenvalue weighted by atomic mass is 10.1. The number of sulfone groups is 1. The Balaban J connectivity index is 2.11. The summed E-state index contributed by atoms with van der Waals surface area (Å²) >= 11 is 2.04. The summed E-state index contributed by atoms with van der Waals surface area (Å²) in [5.41, 5.74) is 0.172. The molecule has 2 rings (SSSR count). The van der Waals surface area contributed by atoms with Crippen LogP contribution in [0.1, 0.15) is 16.8 Å². The number of carbonyl (C=O) groups is 1. The molecule has 2 N–H and O–H groups in total. The SMILES string of the molecule is O=C(NC1CCS(=O)(=O)C1)c1cc(I)ccc1O. The smallest absolute Gasteiger partial charge is 0.255 e. The molecule has 0 aromatic heterocycles. The van der Waals surface area contributed by atoms with Gasteiger partial charge in [-0.1, -0.05) is 0 Å². The molecule has 1 fully saturated rings. The minimum atomic E-state index is -3.02. The molecular weight excluding hydrogens is 369 g/mol. The molecule has 1 heterocycles. The summed E-state index contributed by atoms with van der Waals surface area (Å²) in [7, 11) is -3.02. The molecule has 98 valence electrons. The van der Waals surface area contributed by atoms with Gasteiger partial charge in [0.05, 0.1) is 17.1 Å². The molecule has 5 nitrogen and oxygen atoms in total. The Kier molecular flexibility index (Phi) is 3.81. The number of phenolic OH excluding ortho intramolecular Hbond substituents is 1. The van der Waals surface area contributed by atoms with E-state index in [1.165, 1.54) is 6.07 Å². The van der Waals surface area contributed by atoms with Crippen LogP contribution in [0.15, 0.2) is 18.2 Å². The Morgan fingerprint density at radius 3 is 2.78 bits per heavy atom. The Labute approximate surface area is 119 Å². The topological polar surface area (TPSA) is 83.5 Å². The lowest BCUT2D eigenvalue weighted by Gasteiger charge is -2.11. The van der Waals surface area contributed by atoms with Crippen LogP contribution in [0.2, 0.25) is 0 Å². The molecule has 0 radical (unpaired) electrons. The number of benzene rings is 1. The van der Waals surface area contributed by atoms with Crippen molar-refractivity contribution in [3.05, 3.63) is 27.3 Å². The van der Waals surface area contributed by atoms with Crippen molar-refractivity contribution < 1.29 is 18.3 Å². The van der Waals surface area contributed by atoms with Crippen molar-refractivity contribution >= 4 is 38.3 Å². The molecule has 1 amide bonds. The van der Waals surface area contributed by atoms with Gasteiger partial charge in [-0.05, 0) is 47.2 Å². The summed E-state index contributed by atoms with van der Waals surface area (Å²) in [5, 5.41) is 12.2. The molecule has 1 saturated heterocycles. The van der Waals surface area contributed by atoms with Crippen LogP contribution in [0.25, 0.3) is 0 Å². The van der Waals surface area contributed by atoms with Crippen molar-refractivity contribution in [2.45, 2.75) is 12.5 Å². The number of carbonyl (C=O) groups excluding carboxylic acids is 1. The second kappa shape index (κ2) is 5.04. The van der Waals surface area contributed by atoms with Gasteiger partial charge in [0.2, 0.25) is 0 Å². The zero-order valence-electron chi connectivity index (χ0n) is 9.39. The van der Waals surface area contributed by atoms with E-state index in [9.17, 15) is 18.3 Å². The monoisotopic (exact) mass is 381 g/mol. The number of aromatic hydroxyl groups is 1. The molecule has 7 heteroatoms. The Morgan fingerprint density at radius 1 is 1.44 bits per heavy atom. The van der Waals surface area contributed by atoms with Crippen molar-refractivity contribution in [3.8, 4) is 5.75 Å². The largest absolute Gasteiger partial charge is 0.507 e. The first-order valence-corrected chi connectivity index (χ1v) is 8.27. The molecule has 18 heavy (non-hydrogen) atoms. The normalized spacial score (nSPS) is 21.7. The van der Waals surface area contributed by atoms with E-state index in [2.05, 4.69) is 5.32 Å². The summed E-state index contributed by atoms with van der Waals surface area (Å²) in [6.07, 6.45) is 0.429. The maximum atomic E-state index is 11.9. The Morgan fingerprint density at radius 2 is 2.17 bits per heavy atom. The lowest BCUT2D eigenvalue weighted by molar-refractivity contribution is 0.0938. The number of hydrogen-bond donors (Lipinski definition) is 2. The molecule has 0 saturated carbocycles. The number of nitrogens with one attached hydrogen (secondary N) is 1. The summed E-state index contributed by atoms with van der Waals surface area (Å²) in [6, 6.07) is 4.34. The molecule has 1 atom stereocenters. The van der Waals surface area contributed by atoms with Gasteiger partial charge in [0.1, 0.15) is 5.75 Å². The van der Waals surface area contributed by atoms with E-state index in [0.29, 0.717) is 6.42 Å². The van der Waals surface area contributed by atoms with Gasteiger partial charge in [-0.3, -0.25) is 4.79 Å². The van der Waals surface area contributed by atoms with Crippen LogP contribution < -0.4 is 5.32 Å². The Hall–Kier alpha value is -0.830. The minimum absolute atomic E-state index is 0.0244. The summed E-state index contributed by atoms with van der Waals surface area (Å²) in [4.78, 5) is 11.9. The fraction of sp³-hybridized carbons (Fsp3) is 0.364. The quantitative estimate of drug-likeness (QED) is 0.747. The first kappa shape index (κ1) is 13.6. The number of rotatable bonds is 2. The Bertz CT molecular complexity index is 585. The highest BCUT2D eigenvalue weighted by Crippen LogP contribution is 2.20. The highest BCUT2D eigenvalue weighted by molar-refractivity contribution is 14.1. The van der Waals surface area contributed by atoms with E-state index >= 15 is 0 Å². The van der Waals surface area contributed by atoms with Gasteiger partial charge in [-0.15, -0.1) is 0 Å². The average molecular weight is 381 g/mol. The summed E-state index contributed by atoms with van der Waals surface area (Å²) < 4.78 is 23.4. The van der Waals surface area contributed by atoms with E-state index in [4.69, 9.17) is 0 Å². The molecule has 1 aliphatic rings. The fourth-order valence-corrected chi connectivity index (χ4v) is 4.03. The summed E-state index contributed by atoms with van der Waals surface area (Å²) in [6.45, 7) is 0. The standard InChI is InChI=1S/C11H12INO4S/c12-7-1-2-10(14)9(5-7)11(15)13-8-3-4-18(16,17)6-8/h1-2,5,8,14H,3-4,6H2,(H,13,15). The second-order valence-corrected chi connectivity index (χ2v) is 7.71. The lowest BCUT2D eigenvalue weighted by Crippen LogP contribution is -2.35. The summed E-state index contributed by atoms with van der Waals surface area (Å²) in [5.74, 6) is -0.457. The van der Waals surface area contributed by atoms with Gasteiger partial charge >= 0.3 is 0 Å². The van der Waals surface area contributed by atoms with Crippen LogP contribution in [0, 0.1) is 3.57 Å². The zero-order valence-corrected chi connectivity index (χ0v) is 12.4. The predicted octanol–water partition coefficient (Wildman–Crippen LogP) is 0.914. The van der Waals surface area contributed by atoms with E-state index < -0.39 is 15.7 Å². The molecule has 1 aliphatic heterocycles. The van der Waals surface area contributed by atoms with Crippen molar-refractivity contribution in [3.63, 3.8) is 0 Å². The molecule has 0 aliphatic carbocycles. The van der Waals surface area contributed by atoms with Crippen LogP contribution in [-0.4, -0.2) is 37.0 Å². The van der Waals surface area contributed by atoms with Gasteiger partial charge < -0.3 is 10.4 Å². The molecule has 1 unspecified atom stereocenters. The first-order valence-electron chi connectivity index (χ1n) is 5.37. The maximum absolute atomic E-state index is 11.9. The maximum Gasteiger partial charge on any atom is 0.255 e. The van der Waals surface area contributed by atoms with Crippen LogP contribution in [0.4, 0.5) is 0 Å². The van der Waals surface area contributed by atoms with Crippen LogP contribution >= 0.6 is 22.6 Å². The van der Waals surface area contributed by atoms with E-state index in [0.717, 1.165) is 3.57 Å². The first-order chi connectivity index (χ1) is 8.37. The number of amides is 1.